The predicted octanol–water partition coefficient (Wildman–Crippen LogP) is 2.24. The first-order chi connectivity index (χ1) is 13.1. The Morgan fingerprint density at radius 2 is 2.11 bits per heavy atom. The van der Waals surface area contributed by atoms with Gasteiger partial charge in [-0.15, -0.1) is 11.6 Å². The number of ether oxygens (including phenoxy) is 2. The monoisotopic (exact) mass is 425 g/mol. The predicted molar refractivity (Wildman–Crippen MR) is 106 cm³/mol. The number of rotatable bonds is 3. The quantitative estimate of drug-likeness (QED) is 0.420. The minimum Gasteiger partial charge on any atom is -0.493 e. The SMILES string of the molecule is COc1ccc2c3c1O[C@]1(C)[C@@H](OS(C)(=O)=O)[C@H](Cl)C=C4[C@@H](C2)N(C)CC[C@@]431. The summed E-state index contributed by atoms with van der Waals surface area (Å²) in [7, 11) is 0.0260. The molecule has 6 nitrogen and oxygen atoms in total. The van der Waals surface area contributed by atoms with Gasteiger partial charge < -0.3 is 9.47 Å². The van der Waals surface area contributed by atoms with Crippen LogP contribution in [0, 0.1) is 0 Å². The molecule has 28 heavy (non-hydrogen) atoms. The van der Waals surface area contributed by atoms with E-state index in [1.807, 2.05) is 19.1 Å². The molecule has 0 radical (unpaired) electrons. The molecular formula is C20H24ClNO5S. The molecule has 1 aromatic carbocycles. The number of halogens is 1. The number of methoxy groups -OCH3 is 1. The van der Waals surface area contributed by atoms with E-state index in [1.165, 1.54) is 11.1 Å². The molecule has 1 saturated heterocycles. The first-order valence-corrected chi connectivity index (χ1v) is 11.7. The molecule has 1 aromatic rings. The number of alkyl halides is 1. The molecule has 0 aromatic heterocycles. The lowest BCUT2D eigenvalue weighted by Gasteiger charge is -2.59. The number of likely N-dealkylation sites (tertiary alicyclic amines) is 1. The molecule has 0 N–H and O–H groups in total. The second kappa shape index (κ2) is 5.65. The van der Waals surface area contributed by atoms with Gasteiger partial charge in [0.1, 0.15) is 11.7 Å². The van der Waals surface area contributed by atoms with Crippen LogP contribution in [0.2, 0.25) is 0 Å². The van der Waals surface area contributed by atoms with Crippen LogP contribution >= 0.6 is 11.6 Å². The van der Waals surface area contributed by atoms with E-state index in [0.29, 0.717) is 11.5 Å². The Morgan fingerprint density at radius 1 is 1.36 bits per heavy atom. The second-order valence-corrected chi connectivity index (χ2v) is 10.6. The van der Waals surface area contributed by atoms with Gasteiger partial charge >= 0.3 is 0 Å². The van der Waals surface area contributed by atoms with Crippen LogP contribution in [0.3, 0.4) is 0 Å². The number of hydrogen-bond donors (Lipinski definition) is 0. The lowest BCUT2D eigenvalue weighted by molar-refractivity contribution is -0.0719. The highest BCUT2D eigenvalue weighted by Gasteiger charge is 2.71. The molecular weight excluding hydrogens is 402 g/mol. The zero-order valence-electron chi connectivity index (χ0n) is 16.4. The van der Waals surface area contributed by atoms with Crippen molar-refractivity contribution in [3.05, 3.63) is 34.9 Å². The first kappa shape index (κ1) is 18.7. The van der Waals surface area contributed by atoms with E-state index in [4.69, 9.17) is 25.3 Å². The summed E-state index contributed by atoms with van der Waals surface area (Å²) < 4.78 is 41.9. The van der Waals surface area contributed by atoms with Crippen LogP contribution in [-0.2, 0) is 26.1 Å². The molecule has 5 atom stereocenters. The fraction of sp³-hybridized carbons (Fsp3) is 0.600. The number of hydrogen-bond acceptors (Lipinski definition) is 6. The van der Waals surface area contributed by atoms with Crippen LogP contribution in [0.1, 0.15) is 24.5 Å². The van der Waals surface area contributed by atoms with Gasteiger partial charge in [-0.2, -0.15) is 8.42 Å². The van der Waals surface area contributed by atoms with E-state index in [9.17, 15) is 8.42 Å². The van der Waals surface area contributed by atoms with Gasteiger partial charge in [0.2, 0.25) is 0 Å². The summed E-state index contributed by atoms with van der Waals surface area (Å²) in [5.41, 5.74) is 2.15. The number of piperidine rings is 1. The van der Waals surface area contributed by atoms with Crippen LogP contribution in [0.15, 0.2) is 23.8 Å². The summed E-state index contributed by atoms with van der Waals surface area (Å²) in [6.45, 7) is 2.83. The fourth-order valence-electron chi connectivity index (χ4n) is 5.95. The van der Waals surface area contributed by atoms with Gasteiger partial charge in [0, 0.05) is 11.6 Å². The summed E-state index contributed by atoms with van der Waals surface area (Å²) >= 11 is 6.72. The average molecular weight is 426 g/mol. The Hall–Kier alpha value is -1.28. The highest BCUT2D eigenvalue weighted by atomic mass is 35.5. The smallest absolute Gasteiger partial charge is 0.264 e. The summed E-state index contributed by atoms with van der Waals surface area (Å²) in [6, 6.07) is 4.25. The molecule has 1 fully saturated rings. The standard InChI is InChI=1S/C20H24ClNO5S/c1-19-18(27-28(4,23)24)13(21)10-12-14-9-11-5-6-15(25-3)17(26-19)16(11)20(12,19)7-8-22(14)2/h5-6,10,13-14,18H,7-9H2,1-4H3/t13-,14-,18+,19-,20-/m1/s1. The molecule has 4 aliphatic rings. The maximum atomic E-state index is 12.1. The molecule has 2 aliphatic heterocycles. The Morgan fingerprint density at radius 3 is 2.79 bits per heavy atom. The Bertz CT molecular complexity index is 1010. The van der Waals surface area contributed by atoms with Crippen LogP contribution in [0.4, 0.5) is 0 Å². The summed E-state index contributed by atoms with van der Waals surface area (Å²) in [6.07, 6.45) is 3.92. The van der Waals surface area contributed by atoms with Crippen molar-refractivity contribution < 1.29 is 22.1 Å². The van der Waals surface area contributed by atoms with Gasteiger partial charge in [-0.3, -0.25) is 9.08 Å². The van der Waals surface area contributed by atoms with Crippen molar-refractivity contribution in [2.45, 2.75) is 48.3 Å². The number of nitrogens with zero attached hydrogens (tertiary/aromatic N) is 1. The lowest BCUT2D eigenvalue weighted by Crippen LogP contribution is -2.69. The van der Waals surface area contributed by atoms with Crippen LogP contribution in [0.5, 0.6) is 11.5 Å². The van der Waals surface area contributed by atoms with E-state index < -0.39 is 32.6 Å². The Kier molecular flexibility index (Phi) is 3.78. The van der Waals surface area contributed by atoms with Gasteiger partial charge in [0.15, 0.2) is 11.5 Å². The third kappa shape index (κ3) is 2.13. The molecule has 0 saturated carbocycles. The number of benzene rings is 1. The Labute approximate surface area is 170 Å². The fourth-order valence-corrected chi connectivity index (χ4v) is 7.11. The van der Waals surface area contributed by atoms with Crippen molar-refractivity contribution in [2.75, 3.05) is 27.0 Å². The first-order valence-electron chi connectivity index (χ1n) is 9.46. The van der Waals surface area contributed by atoms with E-state index in [-0.39, 0.29) is 6.04 Å². The summed E-state index contributed by atoms with van der Waals surface area (Å²) in [4.78, 5) is 2.35. The third-order valence-corrected chi connectivity index (χ3v) is 8.01. The Balaban J connectivity index is 1.83. The van der Waals surface area contributed by atoms with Gasteiger partial charge in [-0.25, -0.2) is 0 Å². The molecule has 2 bridgehead atoms. The maximum Gasteiger partial charge on any atom is 0.264 e. The second-order valence-electron chi connectivity index (χ2n) is 8.48. The summed E-state index contributed by atoms with van der Waals surface area (Å²) in [5.74, 6) is 1.36. The largest absolute Gasteiger partial charge is 0.493 e. The van der Waals surface area contributed by atoms with Gasteiger partial charge in [-0.05, 0) is 50.6 Å². The average Bonchev–Trinajstić information content (AvgIpc) is 2.88. The minimum absolute atomic E-state index is 0.212. The van der Waals surface area contributed by atoms with Crippen molar-refractivity contribution >= 4 is 21.7 Å². The van der Waals surface area contributed by atoms with E-state index in [0.717, 1.165) is 31.2 Å². The minimum atomic E-state index is -3.72. The van der Waals surface area contributed by atoms with Crippen molar-refractivity contribution in [1.29, 1.82) is 0 Å². The number of likely N-dealkylation sites (N-methyl/N-ethyl adjacent to an activating group) is 1. The van der Waals surface area contributed by atoms with Crippen molar-refractivity contribution in [3.8, 4) is 11.5 Å². The summed E-state index contributed by atoms with van der Waals surface area (Å²) in [5, 5.41) is -0.612. The molecule has 8 heteroatoms. The van der Waals surface area contributed by atoms with Crippen LogP contribution < -0.4 is 9.47 Å². The molecule has 0 unspecified atom stereocenters. The van der Waals surface area contributed by atoms with E-state index in [1.54, 1.807) is 7.11 Å². The molecule has 0 amide bonds. The van der Waals surface area contributed by atoms with Gasteiger partial charge in [0.25, 0.3) is 10.1 Å². The van der Waals surface area contributed by atoms with Crippen LogP contribution in [0.25, 0.3) is 0 Å². The van der Waals surface area contributed by atoms with E-state index >= 15 is 0 Å². The lowest BCUT2D eigenvalue weighted by atomic mass is 9.51. The van der Waals surface area contributed by atoms with Crippen molar-refractivity contribution in [3.63, 3.8) is 0 Å². The third-order valence-electron chi connectivity index (χ3n) is 7.10. The van der Waals surface area contributed by atoms with Crippen molar-refractivity contribution in [1.82, 2.24) is 4.90 Å². The molecule has 152 valence electrons. The highest BCUT2D eigenvalue weighted by molar-refractivity contribution is 7.86. The zero-order chi connectivity index (χ0) is 20.1. The molecule has 2 heterocycles. The molecule has 2 aliphatic carbocycles. The normalized spacial score (nSPS) is 38.5. The molecule has 5 rings (SSSR count). The zero-order valence-corrected chi connectivity index (χ0v) is 17.9. The van der Waals surface area contributed by atoms with Crippen molar-refractivity contribution in [2.24, 2.45) is 0 Å². The van der Waals surface area contributed by atoms with Gasteiger partial charge in [-0.1, -0.05) is 12.1 Å². The van der Waals surface area contributed by atoms with Gasteiger partial charge in [0.05, 0.1) is 24.2 Å². The van der Waals surface area contributed by atoms with E-state index in [2.05, 4.69) is 18.0 Å². The molecule has 1 spiro atoms. The topological polar surface area (TPSA) is 65.1 Å². The highest BCUT2D eigenvalue weighted by Crippen LogP contribution is 2.67. The maximum absolute atomic E-state index is 12.1. The van der Waals surface area contributed by atoms with Crippen LogP contribution in [-0.4, -0.2) is 63.4 Å².